The largest absolute Gasteiger partial charge is 0.304 e. The molecule has 0 atom stereocenters. The lowest BCUT2D eigenvalue weighted by Crippen LogP contribution is -2.00. The van der Waals surface area contributed by atoms with E-state index in [0.717, 1.165) is 81.5 Å². The summed E-state index contributed by atoms with van der Waals surface area (Å²) in [6.07, 6.45) is 12.3. The second-order valence-electron chi connectivity index (χ2n) is 11.7. The van der Waals surface area contributed by atoms with E-state index in [2.05, 4.69) is 29.7 Å². The molecule has 7 nitrogen and oxygen atoms in total. The van der Waals surface area contributed by atoms with E-state index >= 15 is 0 Å². The Bertz CT molecular complexity index is 2470. The van der Waals surface area contributed by atoms with Crippen molar-refractivity contribution in [1.29, 1.82) is 0 Å². The van der Waals surface area contributed by atoms with Crippen LogP contribution in [0.25, 0.3) is 46.0 Å². The van der Waals surface area contributed by atoms with Gasteiger partial charge in [0.05, 0.1) is 44.2 Å². The molecule has 0 amide bonds. The van der Waals surface area contributed by atoms with E-state index in [-0.39, 0.29) is 4.21 Å². The molecule has 248 valence electrons. The molecule has 4 heterocycles. The van der Waals surface area contributed by atoms with E-state index in [1.165, 1.54) is 22.1 Å². The molecule has 2 aliphatic rings. The van der Waals surface area contributed by atoms with Crippen LogP contribution in [0.2, 0.25) is 20.1 Å². The fourth-order valence-corrected chi connectivity index (χ4v) is 10.1. The van der Waals surface area contributed by atoms with Gasteiger partial charge in [0.25, 0.3) is 0 Å². The Labute approximate surface area is 310 Å². The number of allylic oxidation sites excluding steroid dienone is 2. The average Bonchev–Trinajstić information content (AvgIpc) is 3.86. The maximum Gasteiger partial charge on any atom is 0.304 e. The Morgan fingerprint density at radius 3 is 1.86 bits per heavy atom. The number of fused-ring (bicyclic) bond motifs is 6. The predicted molar refractivity (Wildman–Crippen MR) is 201 cm³/mol. The second kappa shape index (κ2) is 12.9. The quantitative estimate of drug-likeness (QED) is 0.116. The van der Waals surface area contributed by atoms with Crippen molar-refractivity contribution in [3.63, 3.8) is 0 Å². The molecule has 49 heavy (non-hydrogen) atoms. The van der Waals surface area contributed by atoms with Crippen molar-refractivity contribution in [3.05, 3.63) is 118 Å². The van der Waals surface area contributed by atoms with Gasteiger partial charge in [-0.15, -0.1) is 22.7 Å². The SMILES string of the molecule is O=S(=O)(O)c1cc2c(s1)Cc1c(C=CCCCC=Cc3nn(-c4ccc(Cl)cc4Cl)c4c3Cc3sccc3-4)nn(-c3ccc(Cl)cc3Cl)c1-2. The van der Waals surface area contributed by atoms with Crippen LogP contribution in [0.15, 0.2) is 70.3 Å². The normalized spacial score (nSPS) is 13.5. The van der Waals surface area contributed by atoms with Crippen LogP contribution < -0.4 is 0 Å². The van der Waals surface area contributed by atoms with E-state index in [0.29, 0.717) is 32.2 Å². The number of thiophene rings is 2. The minimum absolute atomic E-state index is 0.0927. The molecule has 6 aromatic rings. The van der Waals surface area contributed by atoms with Crippen LogP contribution in [-0.4, -0.2) is 32.5 Å². The Morgan fingerprint density at radius 2 is 1.31 bits per heavy atom. The number of unbranched alkanes of at least 4 members (excludes halogenated alkanes) is 2. The number of halogens is 4. The zero-order chi connectivity index (χ0) is 34.0. The van der Waals surface area contributed by atoms with Crippen LogP contribution in [-0.2, 0) is 23.0 Å². The maximum absolute atomic E-state index is 11.9. The molecule has 2 aliphatic carbocycles. The van der Waals surface area contributed by atoms with Gasteiger partial charge in [0.2, 0.25) is 0 Å². The molecule has 2 aromatic carbocycles. The average molecular weight is 787 g/mol. The first-order chi connectivity index (χ1) is 23.6. The molecule has 0 aliphatic heterocycles. The molecule has 0 fully saturated rings. The topological polar surface area (TPSA) is 90.0 Å². The molecule has 0 bridgehead atoms. The van der Waals surface area contributed by atoms with Gasteiger partial charge in [-0.1, -0.05) is 58.6 Å². The molecule has 0 saturated heterocycles. The minimum atomic E-state index is -4.33. The molecule has 0 radical (unpaired) electrons. The minimum Gasteiger partial charge on any atom is -0.281 e. The van der Waals surface area contributed by atoms with Crippen molar-refractivity contribution >= 4 is 91.3 Å². The highest BCUT2D eigenvalue weighted by molar-refractivity contribution is 7.88. The lowest BCUT2D eigenvalue weighted by atomic mass is 10.1. The molecule has 0 saturated carbocycles. The van der Waals surface area contributed by atoms with Gasteiger partial charge in [0.15, 0.2) is 0 Å². The molecule has 1 N–H and O–H groups in total. The van der Waals surface area contributed by atoms with Crippen LogP contribution in [0.5, 0.6) is 0 Å². The first-order valence-electron chi connectivity index (χ1n) is 15.2. The monoisotopic (exact) mass is 784 g/mol. The maximum atomic E-state index is 11.9. The molecule has 8 rings (SSSR count). The molecular formula is C35H24Cl4N4O3S3. The molecule has 0 unspecified atom stereocenters. The third kappa shape index (κ3) is 6.02. The molecule has 14 heteroatoms. The number of nitrogens with zero attached hydrogens (tertiary/aromatic N) is 4. The highest BCUT2D eigenvalue weighted by Gasteiger charge is 2.32. The summed E-state index contributed by atoms with van der Waals surface area (Å²) in [5, 5.41) is 14.0. The van der Waals surface area contributed by atoms with E-state index in [1.54, 1.807) is 40.3 Å². The van der Waals surface area contributed by atoms with E-state index in [9.17, 15) is 13.0 Å². The smallest absolute Gasteiger partial charge is 0.281 e. The number of benzene rings is 2. The predicted octanol–water partition coefficient (Wildman–Crippen LogP) is 11.1. The fraction of sp³-hybridized carbons (Fsp3) is 0.143. The first-order valence-corrected chi connectivity index (χ1v) is 19.9. The number of aromatic nitrogens is 4. The van der Waals surface area contributed by atoms with Gasteiger partial charge < -0.3 is 0 Å². The van der Waals surface area contributed by atoms with E-state index < -0.39 is 10.1 Å². The van der Waals surface area contributed by atoms with Crippen LogP contribution in [0, 0.1) is 0 Å². The standard InChI is InChI=1S/C35H24Cl4N4O3S3/c36-19-8-10-29(25(38)14-19)42-34-21-12-13-47-31(21)16-22(34)27(40-42)6-4-2-1-3-5-7-28-23-17-32-24(18-33(48-32)49(44,45)46)35(23)43(41-28)30-11-9-20(37)15-26(30)39/h4-15,18H,1-3,16-17H2,(H,44,45,46). The zero-order valence-electron chi connectivity index (χ0n) is 25.3. The number of hydrogen-bond donors (Lipinski definition) is 1. The molecule has 4 aromatic heterocycles. The highest BCUT2D eigenvalue weighted by atomic mass is 35.5. The van der Waals surface area contributed by atoms with Crippen molar-refractivity contribution in [3.8, 4) is 33.9 Å². The van der Waals surface area contributed by atoms with Crippen LogP contribution in [0.4, 0.5) is 0 Å². The first kappa shape index (κ1) is 33.0. The summed E-state index contributed by atoms with van der Waals surface area (Å²) < 4.78 is 37.0. The molecule has 0 spiro atoms. The summed E-state index contributed by atoms with van der Waals surface area (Å²) in [5.74, 6) is 0. The Hall–Kier alpha value is -3.19. The summed E-state index contributed by atoms with van der Waals surface area (Å²) in [6.45, 7) is 0. The third-order valence-corrected chi connectivity index (χ3v) is 13.0. The van der Waals surface area contributed by atoms with Crippen molar-refractivity contribution in [2.75, 3.05) is 0 Å². The number of hydrogen-bond acceptors (Lipinski definition) is 6. The summed E-state index contributed by atoms with van der Waals surface area (Å²) in [7, 11) is -4.33. The van der Waals surface area contributed by atoms with Gasteiger partial charge in [-0.25, -0.2) is 9.36 Å². The van der Waals surface area contributed by atoms with Crippen molar-refractivity contribution in [2.24, 2.45) is 0 Å². The van der Waals surface area contributed by atoms with Gasteiger partial charge in [0.1, 0.15) is 4.21 Å². The highest BCUT2D eigenvalue weighted by Crippen LogP contribution is 2.47. The third-order valence-electron chi connectivity index (χ3n) is 8.57. The number of rotatable bonds is 9. The summed E-state index contributed by atoms with van der Waals surface area (Å²) in [6, 6.07) is 14.3. The van der Waals surface area contributed by atoms with Crippen molar-refractivity contribution in [1.82, 2.24) is 19.6 Å². The lowest BCUT2D eigenvalue weighted by Gasteiger charge is -2.08. The Kier molecular flexibility index (Phi) is 8.65. The van der Waals surface area contributed by atoms with Crippen LogP contribution >= 0.6 is 69.1 Å². The van der Waals surface area contributed by atoms with Crippen molar-refractivity contribution in [2.45, 2.75) is 36.3 Å². The summed E-state index contributed by atoms with van der Waals surface area (Å²) in [4.78, 5) is 2.17. The zero-order valence-corrected chi connectivity index (χ0v) is 30.8. The Morgan fingerprint density at radius 1 is 0.755 bits per heavy atom. The fourth-order valence-electron chi connectivity index (χ4n) is 6.38. The van der Waals surface area contributed by atoms with Gasteiger partial charge in [-0.05, 0) is 85.3 Å². The van der Waals surface area contributed by atoms with Crippen molar-refractivity contribution < 1.29 is 13.0 Å². The Balaban J connectivity index is 1.01. The van der Waals surface area contributed by atoms with E-state index in [4.69, 9.17) is 56.6 Å². The van der Waals surface area contributed by atoms with Gasteiger partial charge in [-0.3, -0.25) is 4.55 Å². The van der Waals surface area contributed by atoms with Gasteiger partial charge in [0, 0.05) is 54.9 Å². The van der Waals surface area contributed by atoms with Gasteiger partial charge in [-0.2, -0.15) is 18.6 Å². The summed E-state index contributed by atoms with van der Waals surface area (Å²) in [5.41, 5.74) is 9.08. The molecular weight excluding hydrogens is 762 g/mol. The second-order valence-corrected chi connectivity index (χ2v) is 17.1. The van der Waals surface area contributed by atoms with Gasteiger partial charge >= 0.3 is 10.1 Å². The van der Waals surface area contributed by atoms with Crippen LogP contribution in [0.3, 0.4) is 0 Å². The van der Waals surface area contributed by atoms with Crippen LogP contribution in [0.1, 0.15) is 51.5 Å². The summed E-state index contributed by atoms with van der Waals surface area (Å²) >= 11 is 28.3. The lowest BCUT2D eigenvalue weighted by molar-refractivity contribution is 0.485. The van der Waals surface area contributed by atoms with E-state index in [1.807, 2.05) is 22.9 Å².